The minimum Gasteiger partial charge on any atom is -0.453 e. The Labute approximate surface area is 251 Å². The molecule has 0 aromatic carbocycles. The number of carbonyl (C=O) groups excluding carboxylic acids is 2. The van der Waals surface area contributed by atoms with Crippen molar-refractivity contribution >= 4 is 17.7 Å². The van der Waals surface area contributed by atoms with Crippen LogP contribution >= 0.6 is 0 Å². The Morgan fingerprint density at radius 3 is 2.25 bits per heavy atom. The van der Waals surface area contributed by atoms with Crippen molar-refractivity contribution in [2.75, 3.05) is 12.4 Å². The first kappa shape index (κ1) is 34.2. The molecule has 0 aliphatic heterocycles. The van der Waals surface area contributed by atoms with Crippen LogP contribution < -0.4 is 16.2 Å². The van der Waals surface area contributed by atoms with E-state index in [1.54, 1.807) is 48.5 Å². The van der Waals surface area contributed by atoms with E-state index in [4.69, 9.17) is 4.42 Å². The lowest BCUT2D eigenvalue weighted by Gasteiger charge is -2.27. The molecular formula is C28H36F3N7O6. The second-order valence-corrected chi connectivity index (χ2v) is 12.0. The average Bonchev–Trinajstić information content (AvgIpc) is 3.43. The molecule has 3 rings (SSSR count). The highest BCUT2D eigenvalue weighted by Gasteiger charge is 2.37. The van der Waals surface area contributed by atoms with E-state index < -0.39 is 58.8 Å². The highest BCUT2D eigenvalue weighted by Crippen LogP contribution is 2.34. The Morgan fingerprint density at radius 2 is 1.73 bits per heavy atom. The molecule has 0 bridgehead atoms. The number of aromatic nitrogens is 5. The lowest BCUT2D eigenvalue weighted by molar-refractivity contribution is -0.137. The number of carbonyl (C=O) groups is 2. The minimum absolute atomic E-state index is 0.0185. The Kier molecular flexibility index (Phi) is 9.87. The van der Waals surface area contributed by atoms with Gasteiger partial charge in [0, 0.05) is 11.6 Å². The lowest BCUT2D eigenvalue weighted by atomic mass is 9.88. The number of nitrogens with zero attached hydrogens (tertiary/aromatic N) is 5. The van der Waals surface area contributed by atoms with Gasteiger partial charge in [0.05, 0.1) is 36.0 Å². The van der Waals surface area contributed by atoms with Gasteiger partial charge >= 0.3 is 12.3 Å². The van der Waals surface area contributed by atoms with E-state index in [9.17, 15) is 32.7 Å². The van der Waals surface area contributed by atoms with Crippen molar-refractivity contribution in [1.82, 2.24) is 30.0 Å². The van der Waals surface area contributed by atoms with E-state index in [0.717, 1.165) is 17.7 Å². The molecule has 13 nitrogen and oxygen atoms in total. The first-order valence-corrected chi connectivity index (χ1v) is 13.6. The lowest BCUT2D eigenvalue weighted by Crippen LogP contribution is -2.46. The van der Waals surface area contributed by atoms with Crippen LogP contribution in [0.15, 0.2) is 33.7 Å². The zero-order valence-electron chi connectivity index (χ0n) is 25.6. The van der Waals surface area contributed by atoms with Crippen molar-refractivity contribution in [2.24, 2.45) is 5.92 Å². The molecule has 2 amide bonds. The summed E-state index contributed by atoms with van der Waals surface area (Å²) in [6.45, 7) is 11.6. The predicted octanol–water partition coefficient (Wildman–Crippen LogP) is 3.72. The van der Waals surface area contributed by atoms with E-state index in [2.05, 4.69) is 35.5 Å². The van der Waals surface area contributed by atoms with Gasteiger partial charge in [-0.3, -0.25) is 24.5 Å². The van der Waals surface area contributed by atoms with Gasteiger partial charge in [0.2, 0.25) is 17.7 Å². The molecule has 0 spiro atoms. The highest BCUT2D eigenvalue weighted by molar-refractivity contribution is 5.84. The Hall–Kier alpha value is -4.34. The standard InChI is InChI=1S/C28H36F3N7O6/c1-14(2)19(35-18(39)13-38-22(41)16(34-25(42)43-8)12-33-23(38)26(3,4)5)20(40)21-36-37-24(44-21)27(6,7)17-10-9-15(11-32-17)28(29,30)31/h9-12,14,19-20,40H,13H2,1-8H3,(H,34,42)(H,35,39). The number of aliphatic hydroxyl groups excluding tert-OH is 1. The van der Waals surface area contributed by atoms with E-state index >= 15 is 0 Å². The molecule has 2 atom stereocenters. The number of anilines is 1. The second-order valence-electron chi connectivity index (χ2n) is 12.0. The van der Waals surface area contributed by atoms with E-state index in [1.807, 2.05) is 0 Å². The Morgan fingerprint density at radius 1 is 1.07 bits per heavy atom. The molecule has 0 fully saturated rings. The first-order chi connectivity index (χ1) is 20.3. The number of alkyl halides is 3. The van der Waals surface area contributed by atoms with Crippen molar-refractivity contribution in [2.45, 2.75) is 84.2 Å². The Balaban J connectivity index is 1.85. The number of ether oxygens (including phenoxy) is 1. The third kappa shape index (κ3) is 7.59. The highest BCUT2D eigenvalue weighted by atomic mass is 19.4. The van der Waals surface area contributed by atoms with Crippen molar-refractivity contribution in [3.63, 3.8) is 0 Å². The van der Waals surface area contributed by atoms with Gasteiger partial charge in [0.15, 0.2) is 6.10 Å². The van der Waals surface area contributed by atoms with Crippen molar-refractivity contribution in [3.05, 3.63) is 63.7 Å². The minimum atomic E-state index is -4.55. The number of halogens is 3. The molecule has 3 aromatic heterocycles. The predicted molar refractivity (Wildman–Crippen MR) is 151 cm³/mol. The van der Waals surface area contributed by atoms with Crippen LogP contribution in [-0.4, -0.2) is 55.0 Å². The topological polar surface area (TPSA) is 174 Å². The van der Waals surface area contributed by atoms with E-state index in [-0.39, 0.29) is 34.9 Å². The van der Waals surface area contributed by atoms with Gasteiger partial charge in [-0.05, 0) is 31.9 Å². The number of hydrogen-bond donors (Lipinski definition) is 3. The zero-order chi connectivity index (χ0) is 33.2. The fraction of sp³-hybridized carbons (Fsp3) is 0.536. The van der Waals surface area contributed by atoms with Gasteiger partial charge in [-0.2, -0.15) is 13.2 Å². The van der Waals surface area contributed by atoms with Crippen LogP contribution in [0.2, 0.25) is 0 Å². The SMILES string of the molecule is COC(=O)Nc1cnc(C(C)(C)C)n(CC(=O)NC(C(C)C)C(O)c2nnc(C(C)(C)c3ccc(C(F)(F)F)cn3)o2)c1=O. The summed E-state index contributed by atoms with van der Waals surface area (Å²) in [5.74, 6) is -0.998. The molecule has 44 heavy (non-hydrogen) atoms. The molecule has 3 heterocycles. The van der Waals surface area contributed by atoms with E-state index in [0.29, 0.717) is 6.20 Å². The van der Waals surface area contributed by atoms with Crippen LogP contribution in [0.1, 0.15) is 83.4 Å². The zero-order valence-corrected chi connectivity index (χ0v) is 25.6. The number of amides is 2. The molecule has 0 saturated carbocycles. The fourth-order valence-electron chi connectivity index (χ4n) is 4.27. The molecule has 0 aliphatic carbocycles. The van der Waals surface area contributed by atoms with Crippen LogP contribution in [0.3, 0.4) is 0 Å². The van der Waals surface area contributed by atoms with Crippen LogP contribution in [0.4, 0.5) is 23.7 Å². The number of rotatable bonds is 9. The third-order valence-electron chi connectivity index (χ3n) is 6.79. The summed E-state index contributed by atoms with van der Waals surface area (Å²) < 4.78 is 50.3. The number of methoxy groups -OCH3 is 1. The van der Waals surface area contributed by atoms with Crippen molar-refractivity contribution in [1.29, 1.82) is 0 Å². The van der Waals surface area contributed by atoms with Crippen LogP contribution in [0.5, 0.6) is 0 Å². The number of aliphatic hydroxyl groups is 1. The number of nitrogens with one attached hydrogen (secondary N) is 2. The molecule has 3 aromatic rings. The van der Waals surface area contributed by atoms with Gasteiger partial charge in [-0.1, -0.05) is 34.6 Å². The Bertz CT molecular complexity index is 1540. The molecular weight excluding hydrogens is 587 g/mol. The summed E-state index contributed by atoms with van der Waals surface area (Å²) in [5.41, 5.74) is -3.34. The first-order valence-electron chi connectivity index (χ1n) is 13.6. The summed E-state index contributed by atoms with van der Waals surface area (Å²) in [6, 6.07) is 1.15. The summed E-state index contributed by atoms with van der Waals surface area (Å²) in [6.07, 6.45) is -5.03. The van der Waals surface area contributed by atoms with Crippen molar-refractivity contribution < 1.29 is 37.0 Å². The molecule has 3 N–H and O–H groups in total. The normalized spacial score (nSPS) is 13.8. The maximum atomic E-state index is 13.3. The van der Waals surface area contributed by atoms with Gasteiger partial charge in [-0.15, -0.1) is 10.2 Å². The quantitative estimate of drug-likeness (QED) is 0.319. The smallest absolute Gasteiger partial charge is 0.417 e. The van der Waals surface area contributed by atoms with Gasteiger partial charge in [0.25, 0.3) is 5.56 Å². The summed E-state index contributed by atoms with van der Waals surface area (Å²) in [4.78, 5) is 46.4. The molecule has 0 radical (unpaired) electrons. The van der Waals surface area contributed by atoms with E-state index in [1.165, 1.54) is 12.3 Å². The second kappa shape index (κ2) is 12.7. The van der Waals surface area contributed by atoms with Gasteiger partial charge < -0.3 is 19.6 Å². The largest absolute Gasteiger partial charge is 0.453 e. The summed E-state index contributed by atoms with van der Waals surface area (Å²) in [5, 5.41) is 24.0. The van der Waals surface area contributed by atoms with Gasteiger partial charge in [0.1, 0.15) is 18.1 Å². The molecule has 0 aliphatic rings. The van der Waals surface area contributed by atoms with Crippen molar-refractivity contribution in [3.8, 4) is 0 Å². The fourth-order valence-corrected chi connectivity index (χ4v) is 4.27. The molecule has 2 unspecified atom stereocenters. The molecule has 16 heteroatoms. The van der Waals surface area contributed by atoms with Gasteiger partial charge in [-0.25, -0.2) is 9.78 Å². The van der Waals surface area contributed by atoms with Crippen LogP contribution in [-0.2, 0) is 33.1 Å². The monoisotopic (exact) mass is 623 g/mol. The summed E-state index contributed by atoms with van der Waals surface area (Å²) >= 11 is 0. The van der Waals surface area contributed by atoms with Crippen LogP contribution in [0, 0.1) is 5.92 Å². The third-order valence-corrected chi connectivity index (χ3v) is 6.79. The van der Waals surface area contributed by atoms with Crippen LogP contribution in [0.25, 0.3) is 0 Å². The maximum Gasteiger partial charge on any atom is 0.417 e. The molecule has 240 valence electrons. The number of pyridine rings is 1. The average molecular weight is 624 g/mol. The maximum absolute atomic E-state index is 13.3. The summed E-state index contributed by atoms with van der Waals surface area (Å²) in [7, 11) is 1.13. The number of hydrogen-bond acceptors (Lipinski definition) is 10. The molecule has 0 saturated heterocycles.